The molecule has 0 aliphatic carbocycles. The van der Waals surface area contributed by atoms with E-state index in [2.05, 4.69) is 17.9 Å². The SMILES string of the molecule is CCCCNNOC/C=C/Cl. The zero-order chi connectivity index (χ0) is 8.36. The van der Waals surface area contributed by atoms with Gasteiger partial charge in [-0.15, -0.1) is 5.59 Å². The first kappa shape index (κ1) is 10.9. The van der Waals surface area contributed by atoms with Crippen molar-refractivity contribution in [1.82, 2.24) is 11.0 Å². The Hall–Kier alpha value is -0.0900. The molecule has 0 unspecified atom stereocenters. The highest BCUT2D eigenvalue weighted by Crippen LogP contribution is 1.80. The van der Waals surface area contributed by atoms with Crippen LogP contribution in [0.1, 0.15) is 19.8 Å². The zero-order valence-corrected chi connectivity index (χ0v) is 7.53. The lowest BCUT2D eigenvalue weighted by Crippen LogP contribution is -2.32. The van der Waals surface area contributed by atoms with E-state index in [1.54, 1.807) is 6.08 Å². The van der Waals surface area contributed by atoms with E-state index in [1.165, 1.54) is 12.0 Å². The van der Waals surface area contributed by atoms with Crippen molar-refractivity contribution >= 4 is 11.6 Å². The van der Waals surface area contributed by atoms with Gasteiger partial charge in [-0.05, 0) is 12.5 Å². The molecule has 0 radical (unpaired) electrons. The van der Waals surface area contributed by atoms with Crippen LogP contribution in [0.2, 0.25) is 0 Å². The van der Waals surface area contributed by atoms with Crippen LogP contribution in [0.25, 0.3) is 0 Å². The minimum absolute atomic E-state index is 0.475. The number of hydrogen-bond acceptors (Lipinski definition) is 3. The highest BCUT2D eigenvalue weighted by atomic mass is 35.5. The van der Waals surface area contributed by atoms with E-state index in [1.807, 2.05) is 0 Å². The molecule has 0 rings (SSSR count). The van der Waals surface area contributed by atoms with Gasteiger partial charge in [-0.25, -0.2) is 5.43 Å². The summed E-state index contributed by atoms with van der Waals surface area (Å²) in [6.07, 6.45) is 4.02. The summed E-state index contributed by atoms with van der Waals surface area (Å²) in [5.74, 6) is 0. The van der Waals surface area contributed by atoms with Gasteiger partial charge in [-0.2, -0.15) is 0 Å². The van der Waals surface area contributed by atoms with E-state index in [4.69, 9.17) is 16.4 Å². The number of rotatable bonds is 7. The zero-order valence-electron chi connectivity index (χ0n) is 6.77. The van der Waals surface area contributed by atoms with Gasteiger partial charge in [0.05, 0.1) is 6.61 Å². The van der Waals surface area contributed by atoms with E-state index < -0.39 is 0 Å². The Bertz CT molecular complexity index is 98.4. The molecule has 66 valence electrons. The Morgan fingerprint density at radius 3 is 3.00 bits per heavy atom. The predicted octanol–water partition coefficient (Wildman–Crippen LogP) is 1.56. The summed E-state index contributed by atoms with van der Waals surface area (Å²) in [6, 6.07) is 0. The molecule has 0 atom stereocenters. The van der Waals surface area contributed by atoms with Gasteiger partial charge in [0.25, 0.3) is 0 Å². The maximum absolute atomic E-state index is 5.26. The fourth-order valence-electron chi connectivity index (χ4n) is 0.493. The van der Waals surface area contributed by atoms with Gasteiger partial charge in [-0.1, -0.05) is 24.9 Å². The first-order chi connectivity index (χ1) is 5.41. The normalized spacial score (nSPS) is 11.1. The average Bonchev–Trinajstić information content (AvgIpc) is 2.03. The van der Waals surface area contributed by atoms with Crippen molar-refractivity contribution in [1.29, 1.82) is 0 Å². The summed E-state index contributed by atoms with van der Waals surface area (Å²) >= 11 is 5.26. The van der Waals surface area contributed by atoms with Gasteiger partial charge in [0.2, 0.25) is 0 Å². The van der Waals surface area contributed by atoms with Crippen LogP contribution in [-0.4, -0.2) is 13.2 Å². The molecule has 3 nitrogen and oxygen atoms in total. The van der Waals surface area contributed by atoms with E-state index in [0.717, 1.165) is 13.0 Å². The second-order valence-corrected chi connectivity index (χ2v) is 2.31. The third kappa shape index (κ3) is 9.91. The van der Waals surface area contributed by atoms with E-state index in [0.29, 0.717) is 6.61 Å². The van der Waals surface area contributed by atoms with Crippen LogP contribution < -0.4 is 11.0 Å². The van der Waals surface area contributed by atoms with Crippen LogP contribution in [0.3, 0.4) is 0 Å². The van der Waals surface area contributed by atoms with Gasteiger partial charge in [-0.3, -0.25) is 4.84 Å². The number of halogens is 1. The number of hydrazine groups is 1. The lowest BCUT2D eigenvalue weighted by Gasteiger charge is -2.03. The molecule has 0 saturated carbocycles. The van der Waals surface area contributed by atoms with E-state index in [9.17, 15) is 0 Å². The van der Waals surface area contributed by atoms with Crippen LogP contribution in [0.4, 0.5) is 0 Å². The summed E-state index contributed by atoms with van der Waals surface area (Å²) in [6.45, 7) is 3.53. The van der Waals surface area contributed by atoms with Crippen molar-refractivity contribution in [2.45, 2.75) is 19.8 Å². The predicted molar refractivity (Wildman–Crippen MR) is 47.0 cm³/mol. The molecule has 0 aromatic carbocycles. The monoisotopic (exact) mass is 178 g/mol. The number of hydrogen-bond donors (Lipinski definition) is 2. The molecule has 4 heteroatoms. The van der Waals surface area contributed by atoms with Gasteiger partial charge >= 0.3 is 0 Å². The molecule has 0 spiro atoms. The molecule has 11 heavy (non-hydrogen) atoms. The quantitative estimate of drug-likeness (QED) is 0.459. The minimum atomic E-state index is 0.475. The lowest BCUT2D eigenvalue weighted by atomic mass is 10.3. The molecule has 0 aliphatic heterocycles. The first-order valence-corrected chi connectivity index (χ1v) is 4.20. The molecule has 0 amide bonds. The van der Waals surface area contributed by atoms with Crippen molar-refractivity contribution in [3.8, 4) is 0 Å². The Morgan fingerprint density at radius 2 is 2.36 bits per heavy atom. The Morgan fingerprint density at radius 1 is 1.55 bits per heavy atom. The molecule has 0 aromatic rings. The highest BCUT2D eigenvalue weighted by molar-refractivity contribution is 6.25. The Labute approximate surface area is 72.7 Å². The lowest BCUT2D eigenvalue weighted by molar-refractivity contribution is 0.0296. The summed E-state index contributed by atoms with van der Waals surface area (Å²) in [5.41, 5.74) is 6.92. The van der Waals surface area contributed by atoms with Gasteiger partial charge < -0.3 is 0 Å². The molecule has 0 aromatic heterocycles. The van der Waals surface area contributed by atoms with Crippen molar-refractivity contribution in [3.63, 3.8) is 0 Å². The van der Waals surface area contributed by atoms with Crippen LogP contribution >= 0.6 is 11.6 Å². The molecule has 0 saturated heterocycles. The largest absolute Gasteiger partial charge is 0.283 e. The fourth-order valence-corrected chi connectivity index (χ4v) is 0.566. The maximum Gasteiger partial charge on any atom is 0.0891 e. The average molecular weight is 179 g/mol. The highest BCUT2D eigenvalue weighted by Gasteiger charge is 1.82. The van der Waals surface area contributed by atoms with Crippen LogP contribution in [0.15, 0.2) is 11.6 Å². The van der Waals surface area contributed by atoms with Gasteiger partial charge in [0.1, 0.15) is 0 Å². The van der Waals surface area contributed by atoms with Crippen molar-refractivity contribution in [2.75, 3.05) is 13.2 Å². The third-order valence-electron chi connectivity index (χ3n) is 1.07. The minimum Gasteiger partial charge on any atom is -0.283 e. The molecule has 0 aliphatic rings. The topological polar surface area (TPSA) is 33.3 Å². The molecule has 0 heterocycles. The second-order valence-electron chi connectivity index (χ2n) is 2.06. The van der Waals surface area contributed by atoms with Crippen LogP contribution in [0.5, 0.6) is 0 Å². The fraction of sp³-hybridized carbons (Fsp3) is 0.714. The Kier molecular flexibility index (Phi) is 9.83. The third-order valence-corrected chi connectivity index (χ3v) is 1.25. The van der Waals surface area contributed by atoms with Gasteiger partial charge in [0.15, 0.2) is 0 Å². The van der Waals surface area contributed by atoms with Crippen molar-refractivity contribution < 1.29 is 4.84 Å². The standard InChI is InChI=1S/C7H15ClN2O/c1-2-3-6-9-10-11-7-4-5-8/h4-5,9-10H,2-3,6-7H2,1H3/b5-4+. The van der Waals surface area contributed by atoms with Crippen LogP contribution in [-0.2, 0) is 4.84 Å². The Balaban J connectivity index is 2.79. The van der Waals surface area contributed by atoms with Crippen LogP contribution in [0, 0.1) is 0 Å². The van der Waals surface area contributed by atoms with Crippen molar-refractivity contribution in [2.24, 2.45) is 0 Å². The summed E-state index contributed by atoms with van der Waals surface area (Å²) in [4.78, 5) is 4.89. The number of nitrogens with one attached hydrogen (secondary N) is 2. The molecule has 0 fully saturated rings. The molecular weight excluding hydrogens is 164 g/mol. The smallest absolute Gasteiger partial charge is 0.0891 e. The second kappa shape index (κ2) is 9.91. The summed E-state index contributed by atoms with van der Waals surface area (Å²) in [5, 5.41) is 0. The van der Waals surface area contributed by atoms with Crippen molar-refractivity contribution in [3.05, 3.63) is 11.6 Å². The molecule has 2 N–H and O–H groups in total. The maximum atomic E-state index is 5.26. The van der Waals surface area contributed by atoms with Gasteiger partial charge in [0, 0.05) is 12.1 Å². The van der Waals surface area contributed by atoms with E-state index >= 15 is 0 Å². The first-order valence-electron chi connectivity index (χ1n) is 3.76. The summed E-state index contributed by atoms with van der Waals surface area (Å²) < 4.78 is 0. The summed E-state index contributed by atoms with van der Waals surface area (Å²) in [7, 11) is 0. The molecule has 0 bridgehead atoms. The molecular formula is C7H15ClN2O. The van der Waals surface area contributed by atoms with E-state index in [-0.39, 0.29) is 0 Å². The number of unbranched alkanes of at least 4 members (excludes halogenated alkanes) is 1.